The second kappa shape index (κ2) is 3.98. The van der Waals surface area contributed by atoms with Gasteiger partial charge in [0, 0.05) is 19.5 Å². The van der Waals surface area contributed by atoms with Crippen LogP contribution in [0.3, 0.4) is 0 Å². The Morgan fingerprint density at radius 2 is 2.25 bits per heavy atom. The molecule has 0 aromatic heterocycles. The van der Waals surface area contributed by atoms with E-state index in [0.29, 0.717) is 12.4 Å². The zero-order valence-electron chi connectivity index (χ0n) is 4.53. The molecule has 8 heavy (non-hydrogen) atoms. The average molecular weight is 156 g/mol. The number of alkyl halides is 1. The van der Waals surface area contributed by atoms with E-state index in [1.807, 2.05) is 0 Å². The zero-order valence-corrected chi connectivity index (χ0v) is 6.04. The summed E-state index contributed by atoms with van der Waals surface area (Å²) in [4.78, 5) is 11.5. The molecule has 0 rings (SSSR count). The van der Waals surface area contributed by atoms with Crippen LogP contribution in [0.15, 0.2) is 0 Å². The lowest BCUT2D eigenvalue weighted by Crippen LogP contribution is -2.22. The lowest BCUT2D eigenvalue weighted by Gasteiger charge is -2.08. The number of hydrogen-bond acceptors (Lipinski definition) is 1. The van der Waals surface area contributed by atoms with Gasteiger partial charge < -0.3 is 4.90 Å². The van der Waals surface area contributed by atoms with E-state index in [1.54, 1.807) is 7.05 Å². The quantitative estimate of drug-likeness (QED) is 0.337. The lowest BCUT2D eigenvalue weighted by atomic mass is 10.7. The number of carbonyl (C=O) groups excluding carboxylic acids is 1. The summed E-state index contributed by atoms with van der Waals surface area (Å²) in [5.74, 6) is 0.426. The molecule has 0 unspecified atom stereocenters. The lowest BCUT2D eigenvalue weighted by molar-refractivity contribution is 0.234. The first-order valence-corrected chi connectivity index (χ1v) is 3.06. The zero-order chi connectivity index (χ0) is 6.57. The van der Waals surface area contributed by atoms with Gasteiger partial charge >= 0.3 is 5.37 Å². The summed E-state index contributed by atoms with van der Waals surface area (Å²) < 4.78 is 0. The van der Waals surface area contributed by atoms with Gasteiger partial charge in [0.15, 0.2) is 0 Å². The van der Waals surface area contributed by atoms with Crippen LogP contribution in [-0.2, 0) is 0 Å². The number of rotatable bonds is 2. The third-order valence-electron chi connectivity index (χ3n) is 0.720. The first-order valence-electron chi connectivity index (χ1n) is 2.15. The first-order chi connectivity index (χ1) is 3.68. The van der Waals surface area contributed by atoms with Gasteiger partial charge in [-0.25, -0.2) is 0 Å². The van der Waals surface area contributed by atoms with Crippen molar-refractivity contribution in [3.05, 3.63) is 0 Å². The Kier molecular flexibility index (Phi) is 4.01. The molecule has 1 amide bonds. The predicted molar refractivity (Wildman–Crippen MR) is 34.6 cm³/mol. The summed E-state index contributed by atoms with van der Waals surface area (Å²) in [6, 6.07) is 0. The topological polar surface area (TPSA) is 20.3 Å². The molecular weight excluding hydrogens is 149 g/mol. The van der Waals surface area contributed by atoms with Crippen molar-refractivity contribution in [1.82, 2.24) is 4.90 Å². The maximum atomic E-state index is 10.2. The van der Waals surface area contributed by atoms with Crippen molar-refractivity contribution in [2.45, 2.75) is 0 Å². The maximum Gasteiger partial charge on any atom is 0.316 e. The van der Waals surface area contributed by atoms with E-state index in [-0.39, 0.29) is 0 Å². The summed E-state index contributed by atoms with van der Waals surface area (Å²) in [6.07, 6.45) is 0. The van der Waals surface area contributed by atoms with Crippen molar-refractivity contribution in [3.8, 4) is 0 Å². The average Bonchev–Trinajstić information content (AvgIpc) is 1.67. The summed E-state index contributed by atoms with van der Waals surface area (Å²) in [5.41, 5.74) is 0. The molecule has 2 nitrogen and oxygen atoms in total. The van der Waals surface area contributed by atoms with Crippen molar-refractivity contribution in [2.75, 3.05) is 19.5 Å². The Balaban J connectivity index is 3.32. The minimum atomic E-state index is -0.467. The van der Waals surface area contributed by atoms with Crippen molar-refractivity contribution in [3.63, 3.8) is 0 Å². The number of hydrogen-bond donors (Lipinski definition) is 0. The van der Waals surface area contributed by atoms with Crippen LogP contribution in [0, 0.1) is 0 Å². The highest BCUT2D eigenvalue weighted by atomic mass is 35.5. The maximum absolute atomic E-state index is 10.2. The Morgan fingerprint density at radius 3 is 2.38 bits per heavy atom. The Morgan fingerprint density at radius 1 is 1.75 bits per heavy atom. The minimum Gasteiger partial charge on any atom is -0.331 e. The predicted octanol–water partition coefficient (Wildman–Crippen LogP) is 1.52. The number of nitrogens with zero attached hydrogens (tertiary/aromatic N) is 1. The van der Waals surface area contributed by atoms with Crippen LogP contribution in [0.5, 0.6) is 0 Å². The minimum absolute atomic E-state index is 0.426. The molecule has 0 heterocycles. The molecule has 0 aliphatic heterocycles. The smallest absolute Gasteiger partial charge is 0.316 e. The van der Waals surface area contributed by atoms with E-state index in [4.69, 9.17) is 23.2 Å². The molecule has 0 N–H and O–H groups in total. The van der Waals surface area contributed by atoms with Crippen LogP contribution in [0.2, 0.25) is 0 Å². The van der Waals surface area contributed by atoms with Crippen LogP contribution in [-0.4, -0.2) is 29.7 Å². The highest BCUT2D eigenvalue weighted by molar-refractivity contribution is 6.62. The van der Waals surface area contributed by atoms with Gasteiger partial charge in [-0.1, -0.05) is 0 Å². The van der Waals surface area contributed by atoms with E-state index in [9.17, 15) is 4.79 Å². The van der Waals surface area contributed by atoms with Gasteiger partial charge in [-0.3, -0.25) is 4.79 Å². The number of halogens is 2. The molecule has 0 fully saturated rings. The van der Waals surface area contributed by atoms with Crippen LogP contribution in [0.4, 0.5) is 4.79 Å². The summed E-state index contributed by atoms with van der Waals surface area (Å²) >= 11 is 10.3. The van der Waals surface area contributed by atoms with Gasteiger partial charge in [0.25, 0.3) is 0 Å². The van der Waals surface area contributed by atoms with Crippen molar-refractivity contribution in [2.24, 2.45) is 0 Å². The van der Waals surface area contributed by atoms with Crippen LogP contribution in [0.1, 0.15) is 0 Å². The van der Waals surface area contributed by atoms with Crippen molar-refractivity contribution in [1.29, 1.82) is 0 Å². The highest BCUT2D eigenvalue weighted by Gasteiger charge is 2.00. The molecule has 0 aliphatic rings. The van der Waals surface area contributed by atoms with E-state index >= 15 is 0 Å². The van der Waals surface area contributed by atoms with Crippen molar-refractivity contribution < 1.29 is 4.79 Å². The number of amides is 1. The fourth-order valence-electron chi connectivity index (χ4n) is 0.215. The van der Waals surface area contributed by atoms with Gasteiger partial charge in [0.05, 0.1) is 0 Å². The molecule has 0 saturated carbocycles. The van der Waals surface area contributed by atoms with E-state index in [2.05, 4.69) is 0 Å². The summed E-state index contributed by atoms with van der Waals surface area (Å²) in [7, 11) is 1.59. The Hall–Kier alpha value is 0.0500. The second-order valence-corrected chi connectivity index (χ2v) is 2.06. The van der Waals surface area contributed by atoms with E-state index in [0.717, 1.165) is 0 Å². The third kappa shape index (κ3) is 3.10. The molecule has 0 radical (unpaired) electrons. The normalized spacial score (nSPS) is 8.88. The second-order valence-electron chi connectivity index (χ2n) is 1.36. The van der Waals surface area contributed by atoms with E-state index in [1.165, 1.54) is 4.90 Å². The Bertz CT molecular complexity index is 86.1. The molecule has 0 saturated heterocycles. The first kappa shape index (κ1) is 8.05. The van der Waals surface area contributed by atoms with Crippen LogP contribution >= 0.6 is 23.2 Å². The van der Waals surface area contributed by atoms with Gasteiger partial charge in [-0.2, -0.15) is 0 Å². The highest BCUT2D eigenvalue weighted by Crippen LogP contribution is 1.91. The third-order valence-corrected chi connectivity index (χ3v) is 1.18. The SMILES string of the molecule is CN(CCCl)C(=O)Cl. The summed E-state index contributed by atoms with van der Waals surface area (Å²) in [5, 5.41) is -0.467. The van der Waals surface area contributed by atoms with Gasteiger partial charge in [0.2, 0.25) is 0 Å². The molecule has 0 aliphatic carbocycles. The van der Waals surface area contributed by atoms with Gasteiger partial charge in [-0.05, 0) is 11.6 Å². The summed E-state index contributed by atoms with van der Waals surface area (Å²) in [6.45, 7) is 0.504. The van der Waals surface area contributed by atoms with Gasteiger partial charge in [0.1, 0.15) is 0 Å². The van der Waals surface area contributed by atoms with Crippen molar-refractivity contribution >= 4 is 28.6 Å². The molecule has 4 heteroatoms. The monoisotopic (exact) mass is 155 g/mol. The molecule has 0 aromatic carbocycles. The molecular formula is C4H7Cl2NO. The molecule has 0 aromatic rings. The molecule has 48 valence electrons. The van der Waals surface area contributed by atoms with Crippen LogP contribution < -0.4 is 0 Å². The fourth-order valence-corrected chi connectivity index (χ4v) is 0.553. The molecule has 0 atom stereocenters. The Labute approximate surface area is 58.4 Å². The number of carbonyl (C=O) groups is 1. The fraction of sp³-hybridized carbons (Fsp3) is 0.750. The van der Waals surface area contributed by atoms with Crippen LogP contribution in [0.25, 0.3) is 0 Å². The van der Waals surface area contributed by atoms with E-state index < -0.39 is 5.37 Å². The molecule has 0 spiro atoms. The largest absolute Gasteiger partial charge is 0.331 e. The molecule has 0 bridgehead atoms. The standard InChI is InChI=1S/C4H7Cl2NO/c1-7(3-2-5)4(6)8/h2-3H2,1H3. The van der Waals surface area contributed by atoms with Gasteiger partial charge in [-0.15, -0.1) is 11.6 Å².